The zero-order chi connectivity index (χ0) is 8.97. The first kappa shape index (κ1) is 9.89. The highest BCUT2D eigenvalue weighted by Crippen LogP contribution is 2.05. The molecule has 0 aromatic rings. The Morgan fingerprint density at radius 1 is 1.58 bits per heavy atom. The highest BCUT2D eigenvalue weighted by Gasteiger charge is 2.20. The van der Waals surface area contributed by atoms with E-state index in [1.807, 2.05) is 0 Å². The Kier molecular flexibility index (Phi) is 3.91. The topological polar surface area (TPSA) is 41.3 Å². The van der Waals surface area contributed by atoms with E-state index in [0.29, 0.717) is 11.0 Å². The van der Waals surface area contributed by atoms with Crippen molar-refractivity contribution in [3.63, 3.8) is 0 Å². The maximum Gasteiger partial charge on any atom is 0.0901 e. The van der Waals surface area contributed by atoms with Gasteiger partial charge in [-0.2, -0.15) is 0 Å². The summed E-state index contributed by atoms with van der Waals surface area (Å²) in [6.45, 7) is 6.37. The van der Waals surface area contributed by atoms with E-state index in [2.05, 4.69) is 17.1 Å². The normalized spacial score (nSPS) is 22.1. The van der Waals surface area contributed by atoms with E-state index in [1.54, 1.807) is 0 Å². The van der Waals surface area contributed by atoms with Gasteiger partial charge in [-0.1, -0.05) is 19.1 Å². The molecule has 0 spiro atoms. The van der Waals surface area contributed by atoms with Crippen LogP contribution in [0.15, 0.2) is 0 Å². The predicted octanol–water partition coefficient (Wildman–Crippen LogP) is -0.0437. The summed E-state index contributed by atoms with van der Waals surface area (Å²) < 4.78 is 0. The number of nitrogens with zero attached hydrogens (tertiary/aromatic N) is 1. The second kappa shape index (κ2) is 4.74. The minimum atomic E-state index is 0.307. The molecule has 1 heterocycles. The van der Waals surface area contributed by atoms with Gasteiger partial charge in [0.1, 0.15) is 0 Å². The summed E-state index contributed by atoms with van der Waals surface area (Å²) in [6, 6.07) is 0.307. The molecule has 1 aliphatic rings. The number of hydrogen-bond acceptors (Lipinski definition) is 3. The van der Waals surface area contributed by atoms with E-state index in [9.17, 15) is 0 Å². The van der Waals surface area contributed by atoms with E-state index >= 15 is 0 Å². The second-order valence-electron chi connectivity index (χ2n) is 3.11. The molecule has 0 amide bonds. The molecule has 1 unspecified atom stereocenters. The quantitative estimate of drug-likeness (QED) is 0.608. The van der Waals surface area contributed by atoms with Crippen LogP contribution in [0.5, 0.6) is 0 Å². The minimum absolute atomic E-state index is 0.307. The van der Waals surface area contributed by atoms with Gasteiger partial charge in [-0.25, -0.2) is 0 Å². The summed E-state index contributed by atoms with van der Waals surface area (Å²) in [6.07, 6.45) is 1.02. The third kappa shape index (κ3) is 2.40. The van der Waals surface area contributed by atoms with Crippen molar-refractivity contribution in [1.29, 1.82) is 0 Å². The summed E-state index contributed by atoms with van der Waals surface area (Å²) in [4.78, 5) is 3.00. The lowest BCUT2D eigenvalue weighted by Gasteiger charge is -2.33. The number of piperazine rings is 1. The molecule has 0 aromatic heterocycles. The van der Waals surface area contributed by atoms with Crippen LogP contribution in [-0.2, 0) is 0 Å². The fourth-order valence-corrected chi connectivity index (χ4v) is 1.95. The molecule has 1 aliphatic heterocycles. The molecular weight excluding hydrogens is 170 g/mol. The molecule has 1 atom stereocenters. The Bertz CT molecular complexity index is 154. The van der Waals surface area contributed by atoms with Gasteiger partial charge >= 0.3 is 0 Å². The Morgan fingerprint density at radius 3 is 2.58 bits per heavy atom. The molecule has 1 fully saturated rings. The smallest absolute Gasteiger partial charge is 0.0901 e. The van der Waals surface area contributed by atoms with Crippen LogP contribution in [0, 0.1) is 0 Å². The predicted molar refractivity (Wildman–Crippen MR) is 55.3 cm³/mol. The number of nitrogens with two attached hydrogens (primary N) is 1. The van der Waals surface area contributed by atoms with Gasteiger partial charge in [0.15, 0.2) is 0 Å². The van der Waals surface area contributed by atoms with E-state index in [4.69, 9.17) is 18.0 Å². The maximum atomic E-state index is 5.65. The van der Waals surface area contributed by atoms with Crippen molar-refractivity contribution in [2.45, 2.75) is 19.4 Å². The van der Waals surface area contributed by atoms with Gasteiger partial charge in [0.05, 0.1) is 11.0 Å². The fourth-order valence-electron chi connectivity index (χ4n) is 1.63. The molecule has 0 radical (unpaired) electrons. The summed E-state index contributed by atoms with van der Waals surface area (Å²) in [5.74, 6) is 0. The van der Waals surface area contributed by atoms with Crippen LogP contribution in [0.1, 0.15) is 13.3 Å². The van der Waals surface area contributed by atoms with E-state index in [0.717, 1.165) is 32.6 Å². The van der Waals surface area contributed by atoms with Crippen molar-refractivity contribution in [2.75, 3.05) is 26.2 Å². The first-order valence-corrected chi connectivity index (χ1v) is 4.90. The lowest BCUT2D eigenvalue weighted by molar-refractivity contribution is 0.210. The highest BCUT2D eigenvalue weighted by molar-refractivity contribution is 7.80. The van der Waals surface area contributed by atoms with E-state index in [1.165, 1.54) is 0 Å². The van der Waals surface area contributed by atoms with Crippen molar-refractivity contribution in [3.8, 4) is 0 Å². The zero-order valence-corrected chi connectivity index (χ0v) is 8.36. The van der Waals surface area contributed by atoms with Crippen LogP contribution < -0.4 is 11.1 Å². The van der Waals surface area contributed by atoms with Crippen molar-refractivity contribution >= 4 is 17.2 Å². The molecule has 0 saturated carbocycles. The van der Waals surface area contributed by atoms with Gasteiger partial charge in [-0.3, -0.25) is 4.90 Å². The molecule has 70 valence electrons. The lowest BCUT2D eigenvalue weighted by Crippen LogP contribution is -2.52. The third-order valence-electron chi connectivity index (χ3n) is 2.31. The van der Waals surface area contributed by atoms with E-state index < -0.39 is 0 Å². The molecule has 4 heteroatoms. The first-order chi connectivity index (χ1) is 5.75. The Labute approximate surface area is 79.3 Å². The molecule has 12 heavy (non-hydrogen) atoms. The lowest BCUT2D eigenvalue weighted by atomic mass is 10.1. The van der Waals surface area contributed by atoms with Crippen LogP contribution in [0.25, 0.3) is 0 Å². The number of thiocarbonyl (C=S) groups is 1. The van der Waals surface area contributed by atoms with Crippen molar-refractivity contribution in [1.82, 2.24) is 10.2 Å². The van der Waals surface area contributed by atoms with Crippen molar-refractivity contribution in [2.24, 2.45) is 5.73 Å². The Balaban J connectivity index is 2.46. The van der Waals surface area contributed by atoms with Crippen LogP contribution in [-0.4, -0.2) is 42.1 Å². The monoisotopic (exact) mass is 187 g/mol. The summed E-state index contributed by atoms with van der Waals surface area (Å²) in [7, 11) is 0. The molecule has 0 aromatic carbocycles. The summed E-state index contributed by atoms with van der Waals surface area (Å²) >= 11 is 5.01. The van der Waals surface area contributed by atoms with E-state index in [-0.39, 0.29) is 0 Å². The van der Waals surface area contributed by atoms with Gasteiger partial charge in [0, 0.05) is 26.2 Å². The first-order valence-electron chi connectivity index (χ1n) is 4.49. The molecule has 0 bridgehead atoms. The van der Waals surface area contributed by atoms with Crippen LogP contribution >= 0.6 is 12.2 Å². The largest absolute Gasteiger partial charge is 0.392 e. The van der Waals surface area contributed by atoms with Gasteiger partial charge < -0.3 is 11.1 Å². The number of rotatable bonds is 3. The molecule has 1 rings (SSSR count). The standard InChI is InChI=1S/C8H17N3S/c1-2-7(8(9)12)11-5-3-10-4-6-11/h7,10H,2-6H2,1H3,(H2,9,12). The fraction of sp³-hybridized carbons (Fsp3) is 0.875. The van der Waals surface area contributed by atoms with Gasteiger partial charge in [0.25, 0.3) is 0 Å². The summed E-state index contributed by atoms with van der Waals surface area (Å²) in [5, 5.41) is 3.31. The average Bonchev–Trinajstić information content (AvgIpc) is 2.07. The second-order valence-corrected chi connectivity index (χ2v) is 3.58. The minimum Gasteiger partial charge on any atom is -0.392 e. The van der Waals surface area contributed by atoms with Gasteiger partial charge in [-0.15, -0.1) is 0 Å². The molecule has 3 nitrogen and oxygen atoms in total. The third-order valence-corrected chi connectivity index (χ3v) is 2.58. The Morgan fingerprint density at radius 2 is 2.17 bits per heavy atom. The zero-order valence-electron chi connectivity index (χ0n) is 7.55. The van der Waals surface area contributed by atoms with Crippen LogP contribution in [0.4, 0.5) is 0 Å². The van der Waals surface area contributed by atoms with Gasteiger partial charge in [0.2, 0.25) is 0 Å². The molecular formula is C8H17N3S. The van der Waals surface area contributed by atoms with Crippen molar-refractivity contribution < 1.29 is 0 Å². The Hall–Kier alpha value is -0.190. The number of nitrogens with one attached hydrogen (secondary N) is 1. The average molecular weight is 187 g/mol. The van der Waals surface area contributed by atoms with Gasteiger partial charge in [-0.05, 0) is 6.42 Å². The summed E-state index contributed by atoms with van der Waals surface area (Å²) in [5.41, 5.74) is 5.65. The van der Waals surface area contributed by atoms with Crippen molar-refractivity contribution in [3.05, 3.63) is 0 Å². The highest BCUT2D eigenvalue weighted by atomic mass is 32.1. The molecule has 3 N–H and O–H groups in total. The SMILES string of the molecule is CCC(C(N)=S)N1CCNCC1. The molecule has 1 saturated heterocycles. The van der Waals surface area contributed by atoms with Crippen LogP contribution in [0.3, 0.4) is 0 Å². The van der Waals surface area contributed by atoms with Crippen LogP contribution in [0.2, 0.25) is 0 Å². The molecule has 0 aliphatic carbocycles. The maximum absolute atomic E-state index is 5.65. The number of hydrogen-bond donors (Lipinski definition) is 2.